The predicted octanol–water partition coefficient (Wildman–Crippen LogP) is 5.33. The Morgan fingerprint density at radius 1 is 1.20 bits per heavy atom. The first-order chi connectivity index (χ1) is 11.7. The van der Waals surface area contributed by atoms with Gasteiger partial charge in [0.1, 0.15) is 11.4 Å². The monoisotopic (exact) mass is 352 g/mol. The van der Waals surface area contributed by atoms with Crippen molar-refractivity contribution in [3.8, 4) is 0 Å². The quantitative estimate of drug-likeness (QED) is 0.697. The third kappa shape index (κ3) is 7.54. The first-order valence-electron chi connectivity index (χ1n) is 8.76. The fourth-order valence-electron chi connectivity index (χ4n) is 2.33. The number of ether oxygens (including phenoxy) is 1. The molecule has 2 N–H and O–H groups in total. The maximum Gasteiger partial charge on any atom is 0.412 e. The molecule has 1 aromatic carbocycles. The van der Waals surface area contributed by atoms with Crippen LogP contribution in [0.2, 0.25) is 0 Å². The number of hydrogen-bond acceptors (Lipinski definition) is 3. The molecule has 0 fully saturated rings. The van der Waals surface area contributed by atoms with Crippen LogP contribution in [0.3, 0.4) is 0 Å². The Balaban J connectivity index is 2.79. The highest BCUT2D eigenvalue weighted by molar-refractivity contribution is 5.94. The second-order valence-corrected chi connectivity index (χ2v) is 7.06. The largest absolute Gasteiger partial charge is 0.444 e. The molecule has 140 valence electrons. The zero-order valence-electron chi connectivity index (χ0n) is 15.7. The number of rotatable bonds is 7. The van der Waals surface area contributed by atoms with Crippen LogP contribution in [0.5, 0.6) is 0 Å². The van der Waals surface area contributed by atoms with Crippen LogP contribution in [-0.4, -0.2) is 17.6 Å². The van der Waals surface area contributed by atoms with Gasteiger partial charge in [-0.3, -0.25) is 10.1 Å². The van der Waals surface area contributed by atoms with Crippen LogP contribution in [-0.2, 0) is 9.53 Å². The molecular formula is C19H29FN2O3. The van der Waals surface area contributed by atoms with Crippen LogP contribution in [0.4, 0.5) is 20.6 Å². The number of anilines is 2. The zero-order chi connectivity index (χ0) is 19.0. The molecule has 1 unspecified atom stereocenters. The lowest BCUT2D eigenvalue weighted by Crippen LogP contribution is -2.27. The van der Waals surface area contributed by atoms with Gasteiger partial charge in [0, 0.05) is 11.6 Å². The Bertz CT molecular complexity index is 597. The van der Waals surface area contributed by atoms with Gasteiger partial charge in [0.25, 0.3) is 0 Å². The smallest absolute Gasteiger partial charge is 0.412 e. The molecule has 0 aromatic heterocycles. The highest BCUT2D eigenvalue weighted by atomic mass is 19.1. The minimum atomic E-state index is -0.746. The lowest BCUT2D eigenvalue weighted by Gasteiger charge is -2.20. The van der Waals surface area contributed by atoms with Gasteiger partial charge < -0.3 is 10.1 Å². The Morgan fingerprint density at radius 2 is 1.88 bits per heavy atom. The number of benzene rings is 1. The van der Waals surface area contributed by atoms with Gasteiger partial charge in [0.05, 0.1) is 5.69 Å². The van der Waals surface area contributed by atoms with Crippen LogP contribution >= 0.6 is 0 Å². The van der Waals surface area contributed by atoms with Crippen LogP contribution in [0.25, 0.3) is 0 Å². The number of nitrogens with one attached hydrogen (secondary N) is 2. The molecule has 0 aliphatic carbocycles. The van der Waals surface area contributed by atoms with Crippen LogP contribution in [0.1, 0.15) is 60.3 Å². The second-order valence-electron chi connectivity index (χ2n) is 7.06. The summed E-state index contributed by atoms with van der Waals surface area (Å²) in [5.74, 6) is -0.764. The minimum absolute atomic E-state index is 0.0337. The van der Waals surface area contributed by atoms with E-state index in [0.29, 0.717) is 5.69 Å². The van der Waals surface area contributed by atoms with E-state index in [-0.39, 0.29) is 17.5 Å². The Labute approximate surface area is 149 Å². The average Bonchev–Trinajstić information content (AvgIpc) is 2.49. The summed E-state index contributed by atoms with van der Waals surface area (Å²) in [5.41, 5.74) is -0.277. The number of halogens is 1. The first-order valence-corrected chi connectivity index (χ1v) is 8.76. The van der Waals surface area contributed by atoms with Crippen molar-refractivity contribution >= 4 is 23.4 Å². The van der Waals surface area contributed by atoms with E-state index >= 15 is 0 Å². The van der Waals surface area contributed by atoms with E-state index in [9.17, 15) is 14.0 Å². The van der Waals surface area contributed by atoms with Gasteiger partial charge in [-0.2, -0.15) is 0 Å². The predicted molar refractivity (Wildman–Crippen MR) is 98.2 cm³/mol. The van der Waals surface area contributed by atoms with Crippen molar-refractivity contribution in [2.75, 3.05) is 10.6 Å². The number of carbonyl (C=O) groups excluding carboxylic acids is 2. The first kappa shape index (κ1) is 20.9. The highest BCUT2D eigenvalue weighted by Gasteiger charge is 2.19. The Hall–Kier alpha value is -2.11. The van der Waals surface area contributed by atoms with Gasteiger partial charge in [0.2, 0.25) is 5.91 Å². The molecule has 0 radical (unpaired) electrons. The average molecular weight is 352 g/mol. The van der Waals surface area contributed by atoms with Crippen molar-refractivity contribution in [3.63, 3.8) is 0 Å². The van der Waals surface area contributed by atoms with Crippen molar-refractivity contribution in [3.05, 3.63) is 24.0 Å². The summed E-state index contributed by atoms with van der Waals surface area (Å²) in [6.45, 7) is 9.22. The normalized spacial score (nSPS) is 12.4. The van der Waals surface area contributed by atoms with Gasteiger partial charge in [-0.05, 0) is 51.8 Å². The van der Waals surface area contributed by atoms with Gasteiger partial charge in [-0.15, -0.1) is 0 Å². The van der Waals surface area contributed by atoms with E-state index < -0.39 is 17.5 Å². The standard InChI is InChI=1S/C19H29FN2O3/c1-6-8-9-13(7-2)17(23)21-14-10-11-15(20)16(12-14)22-18(24)25-19(3,4)5/h10-13H,6-9H2,1-5H3,(H,21,23)(H,22,24). The SMILES string of the molecule is CCCCC(CC)C(=O)Nc1ccc(F)c(NC(=O)OC(C)(C)C)c1. The number of carbonyl (C=O) groups is 2. The van der Waals surface area contributed by atoms with Crippen molar-refractivity contribution in [2.45, 2.75) is 65.9 Å². The van der Waals surface area contributed by atoms with Gasteiger partial charge in [-0.1, -0.05) is 26.7 Å². The van der Waals surface area contributed by atoms with Crippen molar-refractivity contribution in [2.24, 2.45) is 5.92 Å². The molecule has 2 amide bonds. The van der Waals surface area contributed by atoms with Gasteiger partial charge in [0.15, 0.2) is 0 Å². The lowest BCUT2D eigenvalue weighted by molar-refractivity contribution is -0.120. The van der Waals surface area contributed by atoms with Crippen LogP contribution in [0.15, 0.2) is 18.2 Å². The molecule has 25 heavy (non-hydrogen) atoms. The molecule has 5 nitrogen and oxygen atoms in total. The molecule has 1 atom stereocenters. The molecule has 0 saturated heterocycles. The summed E-state index contributed by atoms with van der Waals surface area (Å²) in [7, 11) is 0. The summed E-state index contributed by atoms with van der Waals surface area (Å²) in [6, 6.07) is 4.07. The van der Waals surface area contributed by atoms with E-state index in [1.807, 2.05) is 6.92 Å². The van der Waals surface area contributed by atoms with E-state index in [0.717, 1.165) is 25.7 Å². The fourth-order valence-corrected chi connectivity index (χ4v) is 2.33. The van der Waals surface area contributed by atoms with E-state index in [2.05, 4.69) is 17.6 Å². The van der Waals surface area contributed by atoms with E-state index in [4.69, 9.17) is 4.74 Å². The molecule has 0 bridgehead atoms. The molecule has 0 spiro atoms. The summed E-state index contributed by atoms with van der Waals surface area (Å²) < 4.78 is 19.0. The molecule has 0 aliphatic heterocycles. The van der Waals surface area contributed by atoms with Crippen LogP contribution < -0.4 is 10.6 Å². The summed E-state index contributed by atoms with van der Waals surface area (Å²) in [6.07, 6.45) is 2.84. The van der Waals surface area contributed by atoms with Gasteiger partial charge in [-0.25, -0.2) is 9.18 Å². The molecule has 0 heterocycles. The molecular weight excluding hydrogens is 323 g/mol. The summed E-state index contributed by atoms with van der Waals surface area (Å²) >= 11 is 0. The molecule has 0 saturated carbocycles. The summed E-state index contributed by atoms with van der Waals surface area (Å²) in [5, 5.41) is 5.16. The minimum Gasteiger partial charge on any atom is -0.444 e. The Kier molecular flexibility index (Phi) is 7.87. The molecule has 6 heteroatoms. The van der Waals surface area contributed by atoms with E-state index in [1.54, 1.807) is 20.8 Å². The third-order valence-electron chi connectivity index (χ3n) is 3.64. The molecule has 0 aliphatic rings. The van der Waals surface area contributed by atoms with Crippen LogP contribution in [0, 0.1) is 11.7 Å². The van der Waals surface area contributed by atoms with E-state index in [1.165, 1.54) is 18.2 Å². The highest BCUT2D eigenvalue weighted by Crippen LogP contribution is 2.22. The lowest BCUT2D eigenvalue weighted by atomic mass is 9.98. The number of unbranched alkanes of at least 4 members (excludes halogenated alkanes) is 1. The maximum atomic E-state index is 13.9. The van der Waals surface area contributed by atoms with Crippen molar-refractivity contribution in [1.82, 2.24) is 0 Å². The van der Waals surface area contributed by atoms with Crippen molar-refractivity contribution in [1.29, 1.82) is 0 Å². The Morgan fingerprint density at radius 3 is 2.44 bits per heavy atom. The molecule has 1 rings (SSSR count). The number of hydrogen-bond donors (Lipinski definition) is 2. The number of amides is 2. The third-order valence-corrected chi connectivity index (χ3v) is 3.64. The second kappa shape index (κ2) is 9.39. The zero-order valence-corrected chi connectivity index (χ0v) is 15.7. The maximum absolute atomic E-state index is 13.9. The molecule has 1 aromatic rings. The van der Waals surface area contributed by atoms with Gasteiger partial charge >= 0.3 is 6.09 Å². The van der Waals surface area contributed by atoms with Crippen molar-refractivity contribution < 1.29 is 18.7 Å². The summed E-state index contributed by atoms with van der Waals surface area (Å²) in [4.78, 5) is 24.1. The topological polar surface area (TPSA) is 67.4 Å². The fraction of sp³-hybridized carbons (Fsp3) is 0.579.